The van der Waals surface area contributed by atoms with Gasteiger partial charge in [0.1, 0.15) is 0 Å². The highest BCUT2D eigenvalue weighted by Gasteiger charge is 2.08. The van der Waals surface area contributed by atoms with Crippen molar-refractivity contribution in [2.45, 2.75) is 6.92 Å². The van der Waals surface area contributed by atoms with E-state index in [9.17, 15) is 4.79 Å². The molecule has 1 aromatic rings. The van der Waals surface area contributed by atoms with Crippen molar-refractivity contribution in [1.82, 2.24) is 5.32 Å². The lowest BCUT2D eigenvalue weighted by molar-refractivity contribution is 0.0955. The lowest BCUT2D eigenvalue weighted by Gasteiger charge is -2.07. The summed E-state index contributed by atoms with van der Waals surface area (Å²) in [6, 6.07) is 5.62. The van der Waals surface area contributed by atoms with E-state index in [4.69, 9.17) is 5.73 Å². The number of carbonyl (C=O) groups is 1. The molecule has 1 rings (SSSR count). The lowest BCUT2D eigenvalue weighted by Crippen LogP contribution is -2.26. The van der Waals surface area contributed by atoms with Crippen LogP contribution in [0.25, 0.3) is 0 Å². The average molecular weight is 262 g/mol. The van der Waals surface area contributed by atoms with Gasteiger partial charge in [-0.15, -0.1) is 0 Å². The Kier molecular flexibility index (Phi) is 6.34. The van der Waals surface area contributed by atoms with Crippen LogP contribution in [0.2, 0.25) is 0 Å². The van der Waals surface area contributed by atoms with Crippen LogP contribution in [0.5, 0.6) is 0 Å². The fraction of sp³-hybridized carbons (Fsp3) is 0.357. The number of thioether (sulfide) groups is 1. The van der Waals surface area contributed by atoms with Crippen molar-refractivity contribution in [3.8, 4) is 11.8 Å². The fourth-order valence-electron chi connectivity index (χ4n) is 1.46. The van der Waals surface area contributed by atoms with Crippen LogP contribution in [0.15, 0.2) is 18.2 Å². The number of rotatable bonds is 4. The molecule has 3 nitrogen and oxygen atoms in total. The number of carbonyl (C=O) groups excluding carboxylic acids is 1. The molecule has 0 aliphatic heterocycles. The van der Waals surface area contributed by atoms with Crippen molar-refractivity contribution < 1.29 is 4.79 Å². The number of benzene rings is 1. The van der Waals surface area contributed by atoms with Crippen LogP contribution < -0.4 is 11.1 Å². The molecule has 0 radical (unpaired) electrons. The van der Waals surface area contributed by atoms with Gasteiger partial charge in [0, 0.05) is 23.4 Å². The summed E-state index contributed by atoms with van der Waals surface area (Å²) in [6.07, 6.45) is 2.01. The molecule has 0 fully saturated rings. The van der Waals surface area contributed by atoms with E-state index in [1.165, 1.54) is 0 Å². The molecule has 1 aromatic carbocycles. The zero-order valence-corrected chi connectivity index (χ0v) is 11.6. The van der Waals surface area contributed by atoms with Crippen molar-refractivity contribution in [3.05, 3.63) is 34.9 Å². The number of amides is 1. The molecule has 0 saturated carbocycles. The molecule has 0 aliphatic carbocycles. The highest BCUT2D eigenvalue weighted by molar-refractivity contribution is 7.98. The second-order valence-electron chi connectivity index (χ2n) is 3.78. The van der Waals surface area contributed by atoms with Crippen LogP contribution in [0, 0.1) is 18.8 Å². The zero-order chi connectivity index (χ0) is 13.4. The van der Waals surface area contributed by atoms with E-state index >= 15 is 0 Å². The third kappa shape index (κ3) is 4.44. The summed E-state index contributed by atoms with van der Waals surface area (Å²) in [5.74, 6) is 6.59. The van der Waals surface area contributed by atoms with E-state index < -0.39 is 0 Å². The van der Waals surface area contributed by atoms with Gasteiger partial charge in [-0.05, 0) is 30.9 Å². The molecule has 3 N–H and O–H groups in total. The minimum atomic E-state index is -0.0436. The van der Waals surface area contributed by atoms with Gasteiger partial charge >= 0.3 is 0 Å². The maximum Gasteiger partial charge on any atom is 0.251 e. The van der Waals surface area contributed by atoms with Crippen LogP contribution in [0.1, 0.15) is 21.5 Å². The van der Waals surface area contributed by atoms with E-state index in [1.807, 2.05) is 31.4 Å². The van der Waals surface area contributed by atoms with Gasteiger partial charge in [0.15, 0.2) is 0 Å². The summed E-state index contributed by atoms with van der Waals surface area (Å²) in [5, 5.41) is 2.89. The minimum absolute atomic E-state index is 0.0436. The molecule has 0 spiro atoms. The van der Waals surface area contributed by atoms with Crippen molar-refractivity contribution in [2.24, 2.45) is 5.73 Å². The van der Waals surface area contributed by atoms with Crippen LogP contribution >= 0.6 is 11.8 Å². The monoisotopic (exact) mass is 262 g/mol. The van der Waals surface area contributed by atoms with Crippen LogP contribution in [-0.2, 0) is 0 Å². The predicted octanol–water partition coefficient (Wildman–Crippen LogP) is 1.40. The molecule has 1 amide bonds. The van der Waals surface area contributed by atoms with Crippen LogP contribution in [-0.4, -0.2) is 31.0 Å². The van der Waals surface area contributed by atoms with Crippen molar-refractivity contribution in [2.75, 3.05) is 25.1 Å². The highest BCUT2D eigenvalue weighted by Crippen LogP contribution is 2.10. The predicted molar refractivity (Wildman–Crippen MR) is 77.8 cm³/mol. The number of hydrogen-bond donors (Lipinski definition) is 2. The van der Waals surface area contributed by atoms with Gasteiger partial charge in [-0.2, -0.15) is 11.8 Å². The molecule has 0 unspecified atom stereocenters. The SMILES string of the molecule is CSCCNC(=O)c1cc(C#CCN)ccc1C. The molecule has 96 valence electrons. The third-order valence-corrected chi connectivity index (χ3v) is 3.02. The second kappa shape index (κ2) is 7.80. The Morgan fingerprint density at radius 3 is 2.94 bits per heavy atom. The first-order chi connectivity index (χ1) is 8.69. The van der Waals surface area contributed by atoms with Gasteiger partial charge in [0.2, 0.25) is 0 Å². The minimum Gasteiger partial charge on any atom is -0.351 e. The molecule has 0 atom stereocenters. The maximum absolute atomic E-state index is 12.0. The molecule has 0 bridgehead atoms. The molecule has 0 aliphatic rings. The summed E-state index contributed by atoms with van der Waals surface area (Å²) < 4.78 is 0. The van der Waals surface area contributed by atoms with Gasteiger partial charge in [-0.3, -0.25) is 4.79 Å². The summed E-state index contributed by atoms with van der Waals surface area (Å²) in [5.41, 5.74) is 7.78. The Hall–Kier alpha value is -1.44. The van der Waals surface area contributed by atoms with Crippen LogP contribution in [0.3, 0.4) is 0 Å². The van der Waals surface area contributed by atoms with E-state index in [0.29, 0.717) is 18.7 Å². The standard InChI is InChI=1S/C14H18N2OS/c1-11-5-6-12(4-3-7-15)10-13(11)14(17)16-8-9-18-2/h5-6,10H,7-9,15H2,1-2H3,(H,16,17). The summed E-state index contributed by atoms with van der Waals surface area (Å²) in [4.78, 5) is 12.0. The summed E-state index contributed by atoms with van der Waals surface area (Å²) >= 11 is 1.71. The number of nitrogens with one attached hydrogen (secondary N) is 1. The molecule has 4 heteroatoms. The number of hydrogen-bond acceptors (Lipinski definition) is 3. The highest BCUT2D eigenvalue weighted by atomic mass is 32.2. The van der Waals surface area contributed by atoms with E-state index in [0.717, 1.165) is 16.9 Å². The summed E-state index contributed by atoms with van der Waals surface area (Å²) in [7, 11) is 0. The topological polar surface area (TPSA) is 55.1 Å². The molecular weight excluding hydrogens is 244 g/mol. The Morgan fingerprint density at radius 1 is 1.50 bits per heavy atom. The Morgan fingerprint density at radius 2 is 2.28 bits per heavy atom. The number of nitrogens with two attached hydrogens (primary N) is 1. The van der Waals surface area contributed by atoms with E-state index in [1.54, 1.807) is 11.8 Å². The fourth-order valence-corrected chi connectivity index (χ4v) is 1.77. The largest absolute Gasteiger partial charge is 0.351 e. The molecule has 18 heavy (non-hydrogen) atoms. The first kappa shape index (κ1) is 14.6. The quantitative estimate of drug-likeness (QED) is 0.637. The van der Waals surface area contributed by atoms with Crippen molar-refractivity contribution in [1.29, 1.82) is 0 Å². The van der Waals surface area contributed by atoms with Gasteiger partial charge < -0.3 is 11.1 Å². The zero-order valence-electron chi connectivity index (χ0n) is 10.7. The third-order valence-electron chi connectivity index (χ3n) is 2.41. The molecule has 0 heterocycles. The first-order valence-corrected chi connectivity index (χ1v) is 7.15. The number of aryl methyl sites for hydroxylation is 1. The molecule has 0 aromatic heterocycles. The van der Waals surface area contributed by atoms with Gasteiger partial charge in [-0.25, -0.2) is 0 Å². The van der Waals surface area contributed by atoms with Crippen molar-refractivity contribution in [3.63, 3.8) is 0 Å². The smallest absolute Gasteiger partial charge is 0.251 e. The van der Waals surface area contributed by atoms with Crippen molar-refractivity contribution >= 4 is 17.7 Å². The maximum atomic E-state index is 12.0. The van der Waals surface area contributed by atoms with E-state index in [-0.39, 0.29) is 5.91 Å². The molecular formula is C14H18N2OS. The Balaban J connectivity index is 2.83. The second-order valence-corrected chi connectivity index (χ2v) is 4.77. The molecule has 0 saturated heterocycles. The normalized spacial score (nSPS) is 9.50. The average Bonchev–Trinajstić information content (AvgIpc) is 2.38. The summed E-state index contributed by atoms with van der Waals surface area (Å²) in [6.45, 7) is 2.92. The van der Waals surface area contributed by atoms with E-state index in [2.05, 4.69) is 17.2 Å². The van der Waals surface area contributed by atoms with Gasteiger partial charge in [0.05, 0.1) is 6.54 Å². The Bertz CT molecular complexity index is 474. The van der Waals surface area contributed by atoms with Gasteiger partial charge in [0.25, 0.3) is 5.91 Å². The van der Waals surface area contributed by atoms with Gasteiger partial charge in [-0.1, -0.05) is 17.9 Å². The Labute approximate surface area is 113 Å². The first-order valence-electron chi connectivity index (χ1n) is 5.75. The van der Waals surface area contributed by atoms with Crippen LogP contribution in [0.4, 0.5) is 0 Å². The lowest BCUT2D eigenvalue weighted by atomic mass is 10.0.